The molecule has 0 bridgehead atoms. The number of rotatable bonds is 4. The van der Waals surface area contributed by atoms with Crippen molar-refractivity contribution in [3.05, 3.63) is 40.1 Å². The molecule has 2 aromatic rings. The number of nitrogens with zero attached hydrogens (tertiary/aromatic N) is 3. The van der Waals surface area contributed by atoms with Crippen molar-refractivity contribution >= 4 is 0 Å². The van der Waals surface area contributed by atoms with Crippen LogP contribution in [0.3, 0.4) is 0 Å². The van der Waals surface area contributed by atoms with Crippen LogP contribution in [0, 0.1) is 6.92 Å². The van der Waals surface area contributed by atoms with E-state index in [9.17, 15) is 4.79 Å². The van der Waals surface area contributed by atoms with Crippen LogP contribution in [0.4, 0.5) is 0 Å². The predicted octanol–water partition coefficient (Wildman–Crippen LogP) is 0.787. The first kappa shape index (κ1) is 12.0. The SMILES string of the molecule is Cc1cnc(-c2nc(CNC3CC3)cc(=O)[nH]2)nc1. The van der Waals surface area contributed by atoms with Crippen LogP contribution in [0.1, 0.15) is 24.1 Å². The van der Waals surface area contributed by atoms with E-state index in [0.717, 1.165) is 11.3 Å². The maximum Gasteiger partial charge on any atom is 0.251 e. The molecular weight excluding hydrogens is 242 g/mol. The molecule has 0 radical (unpaired) electrons. The average molecular weight is 257 g/mol. The van der Waals surface area contributed by atoms with Crippen LogP contribution in [-0.2, 0) is 6.54 Å². The van der Waals surface area contributed by atoms with Crippen molar-refractivity contribution in [1.82, 2.24) is 25.3 Å². The number of aryl methyl sites for hydroxylation is 1. The van der Waals surface area contributed by atoms with E-state index in [1.807, 2.05) is 6.92 Å². The van der Waals surface area contributed by atoms with E-state index in [1.54, 1.807) is 12.4 Å². The first-order valence-corrected chi connectivity index (χ1v) is 6.33. The summed E-state index contributed by atoms with van der Waals surface area (Å²) in [6.07, 6.45) is 5.82. The summed E-state index contributed by atoms with van der Waals surface area (Å²) in [5, 5.41) is 3.33. The van der Waals surface area contributed by atoms with Gasteiger partial charge in [-0.1, -0.05) is 0 Å². The van der Waals surface area contributed by atoms with E-state index in [2.05, 4.69) is 25.3 Å². The molecule has 1 aliphatic carbocycles. The number of hydrogen-bond donors (Lipinski definition) is 2. The van der Waals surface area contributed by atoms with Crippen LogP contribution in [0.5, 0.6) is 0 Å². The molecule has 3 rings (SSSR count). The number of nitrogens with one attached hydrogen (secondary N) is 2. The van der Waals surface area contributed by atoms with Crippen molar-refractivity contribution in [1.29, 1.82) is 0 Å². The van der Waals surface area contributed by atoms with Crippen molar-refractivity contribution in [2.45, 2.75) is 32.4 Å². The molecule has 0 atom stereocenters. The fraction of sp³-hybridized carbons (Fsp3) is 0.385. The van der Waals surface area contributed by atoms with E-state index < -0.39 is 0 Å². The van der Waals surface area contributed by atoms with Gasteiger partial charge in [0.2, 0.25) is 0 Å². The van der Waals surface area contributed by atoms with Crippen LogP contribution >= 0.6 is 0 Å². The number of aromatic nitrogens is 4. The fourth-order valence-electron chi connectivity index (χ4n) is 1.76. The Morgan fingerprint density at radius 2 is 2.11 bits per heavy atom. The van der Waals surface area contributed by atoms with Crippen LogP contribution in [0.2, 0.25) is 0 Å². The normalized spacial score (nSPS) is 14.6. The molecule has 0 aliphatic heterocycles. The van der Waals surface area contributed by atoms with Crippen molar-refractivity contribution < 1.29 is 0 Å². The maximum absolute atomic E-state index is 11.6. The lowest BCUT2D eigenvalue weighted by atomic mass is 10.3. The third kappa shape index (κ3) is 3.03. The maximum atomic E-state index is 11.6. The van der Waals surface area contributed by atoms with Gasteiger partial charge in [-0.05, 0) is 25.3 Å². The van der Waals surface area contributed by atoms with Crippen LogP contribution in [0.15, 0.2) is 23.3 Å². The van der Waals surface area contributed by atoms with Gasteiger partial charge in [-0.2, -0.15) is 0 Å². The molecule has 0 unspecified atom stereocenters. The molecule has 0 aromatic carbocycles. The summed E-state index contributed by atoms with van der Waals surface area (Å²) in [6.45, 7) is 2.52. The molecule has 2 aromatic heterocycles. The van der Waals surface area contributed by atoms with Gasteiger partial charge in [0.25, 0.3) is 5.56 Å². The molecule has 19 heavy (non-hydrogen) atoms. The molecule has 0 saturated heterocycles. The second-order valence-electron chi connectivity index (χ2n) is 4.82. The zero-order valence-electron chi connectivity index (χ0n) is 10.7. The third-order valence-electron chi connectivity index (χ3n) is 2.94. The van der Waals surface area contributed by atoms with Crippen LogP contribution < -0.4 is 10.9 Å². The van der Waals surface area contributed by atoms with E-state index in [-0.39, 0.29) is 5.56 Å². The summed E-state index contributed by atoms with van der Waals surface area (Å²) in [6, 6.07) is 2.09. The molecule has 1 saturated carbocycles. The first-order valence-electron chi connectivity index (χ1n) is 6.33. The van der Waals surface area contributed by atoms with Gasteiger partial charge in [0.05, 0.1) is 5.69 Å². The summed E-state index contributed by atoms with van der Waals surface area (Å²) in [7, 11) is 0. The van der Waals surface area contributed by atoms with Gasteiger partial charge >= 0.3 is 0 Å². The standard InChI is InChI=1S/C13H15N5O/c1-8-5-15-12(16-6-8)13-17-10(4-11(19)18-13)7-14-9-2-3-9/h4-6,9,14H,2-3,7H2,1H3,(H,17,18,19). The molecule has 1 fully saturated rings. The Hall–Kier alpha value is -2.08. The molecule has 2 heterocycles. The molecular formula is C13H15N5O. The minimum atomic E-state index is -0.179. The fourth-order valence-corrected chi connectivity index (χ4v) is 1.76. The van der Waals surface area contributed by atoms with Gasteiger partial charge in [0, 0.05) is 31.0 Å². The Bertz CT molecular complexity index is 630. The lowest BCUT2D eigenvalue weighted by Gasteiger charge is -2.04. The van der Waals surface area contributed by atoms with Crippen molar-refractivity contribution in [3.8, 4) is 11.6 Å². The lowest BCUT2D eigenvalue weighted by Crippen LogP contribution is -2.19. The highest BCUT2D eigenvalue weighted by Gasteiger charge is 2.20. The van der Waals surface area contributed by atoms with Crippen molar-refractivity contribution in [2.24, 2.45) is 0 Å². The molecule has 6 heteroatoms. The van der Waals surface area contributed by atoms with E-state index in [4.69, 9.17) is 0 Å². The lowest BCUT2D eigenvalue weighted by molar-refractivity contribution is 0.672. The van der Waals surface area contributed by atoms with Gasteiger partial charge in [-0.3, -0.25) is 4.79 Å². The van der Waals surface area contributed by atoms with Gasteiger partial charge in [0.1, 0.15) is 0 Å². The van der Waals surface area contributed by atoms with Gasteiger partial charge < -0.3 is 10.3 Å². The van der Waals surface area contributed by atoms with Crippen molar-refractivity contribution in [3.63, 3.8) is 0 Å². The molecule has 98 valence electrons. The number of hydrogen-bond acceptors (Lipinski definition) is 5. The highest BCUT2D eigenvalue weighted by atomic mass is 16.1. The first-order chi connectivity index (χ1) is 9.20. The van der Waals surface area contributed by atoms with E-state index >= 15 is 0 Å². The van der Waals surface area contributed by atoms with Gasteiger partial charge in [-0.15, -0.1) is 0 Å². The Labute approximate surface area is 110 Å². The highest BCUT2D eigenvalue weighted by molar-refractivity contribution is 5.42. The zero-order chi connectivity index (χ0) is 13.2. The second kappa shape index (κ2) is 4.89. The quantitative estimate of drug-likeness (QED) is 0.846. The summed E-state index contributed by atoms with van der Waals surface area (Å²) in [5.74, 6) is 0.857. The smallest absolute Gasteiger partial charge is 0.251 e. The van der Waals surface area contributed by atoms with Crippen molar-refractivity contribution in [2.75, 3.05) is 0 Å². The van der Waals surface area contributed by atoms with Gasteiger partial charge in [-0.25, -0.2) is 15.0 Å². The Morgan fingerprint density at radius 3 is 2.79 bits per heavy atom. The molecule has 2 N–H and O–H groups in total. The molecule has 6 nitrogen and oxygen atoms in total. The third-order valence-corrected chi connectivity index (χ3v) is 2.94. The Kier molecular flexibility index (Phi) is 3.08. The minimum Gasteiger partial charge on any atom is -0.308 e. The second-order valence-corrected chi connectivity index (χ2v) is 4.82. The Morgan fingerprint density at radius 1 is 1.37 bits per heavy atom. The predicted molar refractivity (Wildman–Crippen MR) is 70.5 cm³/mol. The average Bonchev–Trinajstić information content (AvgIpc) is 3.20. The van der Waals surface area contributed by atoms with E-state index in [0.29, 0.717) is 24.2 Å². The summed E-state index contributed by atoms with van der Waals surface area (Å²) < 4.78 is 0. The largest absolute Gasteiger partial charge is 0.308 e. The molecule has 1 aliphatic rings. The topological polar surface area (TPSA) is 83.6 Å². The summed E-state index contributed by atoms with van der Waals surface area (Å²) >= 11 is 0. The monoisotopic (exact) mass is 257 g/mol. The summed E-state index contributed by atoms with van der Waals surface area (Å²) in [5.41, 5.74) is 1.51. The zero-order valence-corrected chi connectivity index (χ0v) is 10.7. The van der Waals surface area contributed by atoms with Crippen LogP contribution in [0.25, 0.3) is 11.6 Å². The minimum absolute atomic E-state index is 0.179. The van der Waals surface area contributed by atoms with Crippen LogP contribution in [-0.4, -0.2) is 26.0 Å². The number of H-pyrrole nitrogens is 1. The molecule has 0 amide bonds. The Balaban J connectivity index is 1.87. The van der Waals surface area contributed by atoms with E-state index in [1.165, 1.54) is 18.9 Å². The highest BCUT2D eigenvalue weighted by Crippen LogP contribution is 2.19. The number of aromatic amines is 1. The summed E-state index contributed by atoms with van der Waals surface area (Å²) in [4.78, 5) is 27.0. The van der Waals surface area contributed by atoms with Gasteiger partial charge in [0.15, 0.2) is 11.6 Å². The molecule has 0 spiro atoms.